The molecule has 1 aromatic heterocycles. The van der Waals surface area contributed by atoms with Gasteiger partial charge in [0.15, 0.2) is 0 Å². The molecule has 0 saturated heterocycles. The number of rotatable bonds is 5. The number of benzene rings is 2. The Morgan fingerprint density at radius 1 is 1.08 bits per heavy atom. The minimum atomic E-state index is -0.455. The highest BCUT2D eigenvalue weighted by Crippen LogP contribution is 2.24. The smallest absolute Gasteiger partial charge is 0.234 e. The van der Waals surface area contributed by atoms with E-state index in [1.165, 1.54) is 23.9 Å². The first-order chi connectivity index (χ1) is 12.5. The highest BCUT2D eigenvalue weighted by Gasteiger charge is 2.09. The van der Waals surface area contributed by atoms with Gasteiger partial charge in [0, 0.05) is 5.56 Å². The van der Waals surface area contributed by atoms with Crippen LogP contribution in [0.25, 0.3) is 11.3 Å². The number of nitrogens with zero attached hydrogens (tertiary/aromatic N) is 2. The molecule has 132 valence electrons. The number of aryl methyl sites for hydroxylation is 2. The zero-order valence-electron chi connectivity index (χ0n) is 14.5. The summed E-state index contributed by atoms with van der Waals surface area (Å²) in [5.41, 5.74) is 4.32. The molecule has 3 aromatic rings. The van der Waals surface area contributed by atoms with Crippen molar-refractivity contribution < 1.29 is 9.18 Å². The lowest BCUT2D eigenvalue weighted by atomic mass is 10.0. The van der Waals surface area contributed by atoms with Crippen LogP contribution in [0, 0.1) is 19.7 Å². The molecule has 0 aliphatic rings. The van der Waals surface area contributed by atoms with Gasteiger partial charge < -0.3 is 5.32 Å². The van der Waals surface area contributed by atoms with Crippen molar-refractivity contribution in [1.29, 1.82) is 0 Å². The van der Waals surface area contributed by atoms with Crippen molar-refractivity contribution in [3.63, 3.8) is 0 Å². The van der Waals surface area contributed by atoms with Crippen LogP contribution in [0.2, 0.25) is 0 Å². The predicted molar refractivity (Wildman–Crippen MR) is 103 cm³/mol. The molecule has 0 radical (unpaired) electrons. The van der Waals surface area contributed by atoms with Crippen LogP contribution in [-0.4, -0.2) is 21.9 Å². The van der Waals surface area contributed by atoms with Gasteiger partial charge in [-0.05, 0) is 49.7 Å². The molecule has 0 unspecified atom stereocenters. The molecule has 0 spiro atoms. The van der Waals surface area contributed by atoms with Gasteiger partial charge in [-0.1, -0.05) is 41.6 Å². The van der Waals surface area contributed by atoms with Crippen molar-refractivity contribution in [3.05, 3.63) is 71.5 Å². The summed E-state index contributed by atoms with van der Waals surface area (Å²) >= 11 is 1.26. The van der Waals surface area contributed by atoms with Crippen LogP contribution in [0.1, 0.15) is 11.1 Å². The number of nitrogens with one attached hydrogen (secondary N) is 1. The second-order valence-corrected chi connectivity index (χ2v) is 6.89. The van der Waals surface area contributed by atoms with Crippen molar-refractivity contribution in [2.75, 3.05) is 11.1 Å². The Labute approximate surface area is 155 Å². The number of hydrogen-bond donors (Lipinski definition) is 1. The fraction of sp³-hybridized carbons (Fsp3) is 0.150. The van der Waals surface area contributed by atoms with Crippen LogP contribution in [0.15, 0.2) is 59.6 Å². The van der Waals surface area contributed by atoms with E-state index in [1.807, 2.05) is 26.0 Å². The largest absolute Gasteiger partial charge is 0.323 e. The number of para-hydroxylation sites is 1. The van der Waals surface area contributed by atoms with Gasteiger partial charge in [0.25, 0.3) is 0 Å². The summed E-state index contributed by atoms with van der Waals surface area (Å²) in [6.45, 7) is 4.07. The Balaban J connectivity index is 1.62. The van der Waals surface area contributed by atoms with Gasteiger partial charge in [-0.3, -0.25) is 4.79 Å². The van der Waals surface area contributed by atoms with Gasteiger partial charge in [0.2, 0.25) is 5.91 Å². The van der Waals surface area contributed by atoms with Gasteiger partial charge in [-0.2, -0.15) is 0 Å². The highest BCUT2D eigenvalue weighted by atomic mass is 32.2. The van der Waals surface area contributed by atoms with Gasteiger partial charge >= 0.3 is 0 Å². The zero-order chi connectivity index (χ0) is 18.5. The monoisotopic (exact) mass is 367 g/mol. The van der Waals surface area contributed by atoms with E-state index in [4.69, 9.17) is 0 Å². The molecule has 6 heteroatoms. The van der Waals surface area contributed by atoms with Crippen LogP contribution in [0.3, 0.4) is 0 Å². The van der Waals surface area contributed by atoms with Crippen molar-refractivity contribution in [2.45, 2.75) is 18.9 Å². The molecule has 1 N–H and O–H groups in total. The van der Waals surface area contributed by atoms with Gasteiger partial charge in [0.1, 0.15) is 10.8 Å². The van der Waals surface area contributed by atoms with E-state index < -0.39 is 5.82 Å². The molecule has 0 atom stereocenters. The Morgan fingerprint density at radius 2 is 1.88 bits per heavy atom. The van der Waals surface area contributed by atoms with Gasteiger partial charge in [0.05, 0.1) is 17.1 Å². The summed E-state index contributed by atoms with van der Waals surface area (Å²) in [7, 11) is 0. The van der Waals surface area contributed by atoms with Gasteiger partial charge in [-0.25, -0.2) is 4.39 Å². The number of anilines is 1. The average molecular weight is 367 g/mol. The third kappa shape index (κ3) is 4.46. The Kier molecular flexibility index (Phi) is 5.63. The molecule has 4 nitrogen and oxygen atoms in total. The van der Waals surface area contributed by atoms with Crippen LogP contribution in [-0.2, 0) is 4.79 Å². The van der Waals surface area contributed by atoms with Crippen LogP contribution in [0.5, 0.6) is 0 Å². The highest BCUT2D eigenvalue weighted by molar-refractivity contribution is 7.99. The fourth-order valence-electron chi connectivity index (χ4n) is 2.44. The first-order valence-electron chi connectivity index (χ1n) is 8.11. The topological polar surface area (TPSA) is 54.9 Å². The van der Waals surface area contributed by atoms with Crippen molar-refractivity contribution in [1.82, 2.24) is 10.2 Å². The molecule has 3 rings (SSSR count). The first-order valence-corrected chi connectivity index (χ1v) is 9.10. The van der Waals surface area contributed by atoms with Crippen molar-refractivity contribution >= 4 is 23.4 Å². The maximum absolute atomic E-state index is 13.5. The lowest BCUT2D eigenvalue weighted by Crippen LogP contribution is -2.15. The number of hydrogen-bond acceptors (Lipinski definition) is 4. The lowest BCUT2D eigenvalue weighted by Gasteiger charge is -2.07. The van der Waals surface area contributed by atoms with Crippen molar-refractivity contribution in [3.8, 4) is 11.3 Å². The Hall–Kier alpha value is -2.73. The number of carbonyl (C=O) groups excluding carboxylic acids is 1. The first kappa shape index (κ1) is 18.1. The van der Waals surface area contributed by atoms with E-state index >= 15 is 0 Å². The van der Waals surface area contributed by atoms with E-state index in [2.05, 4.69) is 33.7 Å². The second kappa shape index (κ2) is 8.10. The zero-order valence-corrected chi connectivity index (χ0v) is 15.3. The molecule has 1 heterocycles. The normalized spacial score (nSPS) is 10.6. The maximum atomic E-state index is 13.5. The van der Waals surface area contributed by atoms with E-state index in [1.54, 1.807) is 12.1 Å². The van der Waals surface area contributed by atoms with Gasteiger partial charge in [-0.15, -0.1) is 10.2 Å². The SMILES string of the molecule is Cc1ccc(C)c(-c2ccc(SCC(=O)Nc3ccccc3F)nn2)c1. The predicted octanol–water partition coefficient (Wildman–Crippen LogP) is 4.63. The average Bonchev–Trinajstić information content (AvgIpc) is 2.64. The van der Waals surface area contributed by atoms with E-state index in [0.29, 0.717) is 5.03 Å². The van der Waals surface area contributed by atoms with E-state index in [-0.39, 0.29) is 17.3 Å². The molecule has 0 aliphatic carbocycles. The number of carbonyl (C=O) groups is 1. The summed E-state index contributed by atoms with van der Waals surface area (Å²) in [4.78, 5) is 12.0. The third-order valence-corrected chi connectivity index (χ3v) is 4.73. The minimum absolute atomic E-state index is 0.131. The quantitative estimate of drug-likeness (QED) is 0.668. The molecule has 0 aliphatic heterocycles. The maximum Gasteiger partial charge on any atom is 0.234 e. The summed E-state index contributed by atoms with van der Waals surface area (Å²) in [6.07, 6.45) is 0. The molecular weight excluding hydrogens is 349 g/mol. The minimum Gasteiger partial charge on any atom is -0.323 e. The van der Waals surface area contributed by atoms with Crippen LogP contribution in [0.4, 0.5) is 10.1 Å². The fourth-order valence-corrected chi connectivity index (χ4v) is 3.05. The summed E-state index contributed by atoms with van der Waals surface area (Å²) in [5, 5.41) is 11.6. The molecule has 0 fully saturated rings. The lowest BCUT2D eigenvalue weighted by molar-refractivity contribution is -0.113. The summed E-state index contributed by atoms with van der Waals surface area (Å²) < 4.78 is 13.5. The molecular formula is C20H18FN3OS. The van der Waals surface area contributed by atoms with Crippen molar-refractivity contribution in [2.24, 2.45) is 0 Å². The van der Waals surface area contributed by atoms with E-state index in [9.17, 15) is 9.18 Å². The molecule has 26 heavy (non-hydrogen) atoms. The standard InChI is InChI=1S/C20H18FN3OS/c1-13-7-8-14(2)15(11-13)17-9-10-20(24-23-17)26-12-19(25)22-18-6-4-3-5-16(18)21/h3-11H,12H2,1-2H3,(H,22,25). The number of halogens is 1. The number of amides is 1. The summed E-state index contributed by atoms with van der Waals surface area (Å²) in [6, 6.07) is 16.0. The van der Waals surface area contributed by atoms with E-state index in [0.717, 1.165) is 22.4 Å². The molecule has 0 bridgehead atoms. The second-order valence-electron chi connectivity index (χ2n) is 5.89. The van der Waals surface area contributed by atoms with Crippen LogP contribution < -0.4 is 5.32 Å². The molecule has 1 amide bonds. The van der Waals surface area contributed by atoms with Crippen LogP contribution >= 0.6 is 11.8 Å². The summed E-state index contributed by atoms with van der Waals surface area (Å²) in [5.74, 6) is -0.615. The molecule has 0 saturated carbocycles. The Morgan fingerprint density at radius 3 is 2.62 bits per heavy atom. The number of aromatic nitrogens is 2. The molecule has 2 aromatic carbocycles. The third-order valence-electron chi connectivity index (χ3n) is 3.81. The number of thioether (sulfide) groups is 1. The Bertz CT molecular complexity index is 929.